The molecule has 0 radical (unpaired) electrons. The first kappa shape index (κ1) is 11.9. The highest BCUT2D eigenvalue weighted by Gasteiger charge is 2.27. The molecule has 1 heterocycles. The maximum Gasteiger partial charge on any atom is 0.223 e. The van der Waals surface area contributed by atoms with Crippen molar-refractivity contribution in [3.8, 4) is 0 Å². The molecule has 1 aliphatic heterocycles. The van der Waals surface area contributed by atoms with Crippen LogP contribution < -0.4 is 0 Å². The summed E-state index contributed by atoms with van der Waals surface area (Å²) < 4.78 is 1.24. The van der Waals surface area contributed by atoms with E-state index < -0.39 is 0 Å². The number of benzene rings is 1. The molecule has 0 aromatic heterocycles. The number of carbonyl (C=O) groups is 1. The van der Waals surface area contributed by atoms with Crippen LogP contribution in [0.2, 0.25) is 0 Å². The lowest BCUT2D eigenvalue weighted by atomic mass is 10.1. The molecular formula is C13H16INO. The average Bonchev–Trinajstić information content (AvgIpc) is 2.63. The standard InChI is InChI=1S/C13H16INO/c1-2-10-7-13(16)15(8-10)9-11-3-5-12(14)6-4-11/h3-6,10H,2,7-9H2,1H3. The monoisotopic (exact) mass is 329 g/mol. The Bertz CT molecular complexity index is 374. The molecule has 1 amide bonds. The van der Waals surface area contributed by atoms with Gasteiger partial charge in [0.05, 0.1) is 0 Å². The van der Waals surface area contributed by atoms with Crippen molar-refractivity contribution in [2.45, 2.75) is 26.3 Å². The number of nitrogens with zero attached hydrogens (tertiary/aromatic N) is 1. The van der Waals surface area contributed by atoms with E-state index in [-0.39, 0.29) is 0 Å². The molecule has 1 aliphatic rings. The maximum atomic E-state index is 11.7. The number of rotatable bonds is 3. The second-order valence-corrected chi connectivity index (χ2v) is 5.62. The highest BCUT2D eigenvalue weighted by Crippen LogP contribution is 2.22. The zero-order valence-corrected chi connectivity index (χ0v) is 11.6. The number of hydrogen-bond acceptors (Lipinski definition) is 1. The molecule has 0 aliphatic carbocycles. The minimum atomic E-state index is 0.311. The molecule has 0 N–H and O–H groups in total. The first-order chi connectivity index (χ1) is 7.69. The van der Waals surface area contributed by atoms with E-state index in [9.17, 15) is 4.79 Å². The largest absolute Gasteiger partial charge is 0.338 e. The molecule has 1 fully saturated rings. The van der Waals surface area contributed by atoms with Crippen LogP contribution in [0.5, 0.6) is 0 Å². The van der Waals surface area contributed by atoms with Crippen molar-refractivity contribution >= 4 is 28.5 Å². The van der Waals surface area contributed by atoms with Crippen LogP contribution in [0.15, 0.2) is 24.3 Å². The molecule has 16 heavy (non-hydrogen) atoms. The summed E-state index contributed by atoms with van der Waals surface area (Å²) in [5, 5.41) is 0. The summed E-state index contributed by atoms with van der Waals surface area (Å²) in [6.45, 7) is 3.86. The highest BCUT2D eigenvalue weighted by molar-refractivity contribution is 14.1. The normalized spacial score (nSPS) is 20.5. The predicted octanol–water partition coefficient (Wildman–Crippen LogP) is 3.05. The van der Waals surface area contributed by atoms with Crippen molar-refractivity contribution in [1.29, 1.82) is 0 Å². The summed E-state index contributed by atoms with van der Waals surface area (Å²) in [6.07, 6.45) is 1.84. The van der Waals surface area contributed by atoms with Gasteiger partial charge in [-0.05, 0) is 46.2 Å². The van der Waals surface area contributed by atoms with E-state index in [1.165, 1.54) is 9.13 Å². The van der Waals surface area contributed by atoms with Crippen molar-refractivity contribution in [1.82, 2.24) is 4.90 Å². The molecule has 1 unspecified atom stereocenters. The fourth-order valence-corrected chi connectivity index (χ4v) is 2.45. The van der Waals surface area contributed by atoms with Gasteiger partial charge in [0.25, 0.3) is 0 Å². The predicted molar refractivity (Wildman–Crippen MR) is 73.0 cm³/mol. The number of likely N-dealkylation sites (tertiary alicyclic amines) is 1. The fraction of sp³-hybridized carbons (Fsp3) is 0.462. The van der Waals surface area contributed by atoms with Gasteiger partial charge in [0.1, 0.15) is 0 Å². The van der Waals surface area contributed by atoms with Crippen LogP contribution in [0.3, 0.4) is 0 Å². The Morgan fingerprint density at radius 3 is 2.62 bits per heavy atom. The van der Waals surface area contributed by atoms with Crippen LogP contribution in [-0.2, 0) is 11.3 Å². The van der Waals surface area contributed by atoms with Crippen molar-refractivity contribution in [2.24, 2.45) is 5.92 Å². The molecule has 1 aromatic rings. The van der Waals surface area contributed by atoms with Crippen LogP contribution in [0.4, 0.5) is 0 Å². The van der Waals surface area contributed by atoms with E-state index in [0.29, 0.717) is 11.8 Å². The minimum absolute atomic E-state index is 0.311. The molecular weight excluding hydrogens is 313 g/mol. The van der Waals surface area contributed by atoms with E-state index >= 15 is 0 Å². The zero-order chi connectivity index (χ0) is 11.5. The molecule has 86 valence electrons. The van der Waals surface area contributed by atoms with Gasteiger partial charge in [-0.3, -0.25) is 4.79 Å². The maximum absolute atomic E-state index is 11.7. The number of carbonyl (C=O) groups excluding carboxylic acids is 1. The Kier molecular flexibility index (Phi) is 3.84. The van der Waals surface area contributed by atoms with Crippen LogP contribution >= 0.6 is 22.6 Å². The first-order valence-electron chi connectivity index (χ1n) is 5.71. The van der Waals surface area contributed by atoms with Crippen LogP contribution in [0.25, 0.3) is 0 Å². The summed E-state index contributed by atoms with van der Waals surface area (Å²) in [4.78, 5) is 13.7. The molecule has 0 bridgehead atoms. The van der Waals surface area contributed by atoms with Gasteiger partial charge >= 0.3 is 0 Å². The summed E-state index contributed by atoms with van der Waals surface area (Å²) >= 11 is 2.29. The van der Waals surface area contributed by atoms with Gasteiger partial charge in [-0.2, -0.15) is 0 Å². The minimum Gasteiger partial charge on any atom is -0.338 e. The van der Waals surface area contributed by atoms with Gasteiger partial charge in [0.15, 0.2) is 0 Å². The third-order valence-corrected chi connectivity index (χ3v) is 3.88. The van der Waals surface area contributed by atoms with Crippen molar-refractivity contribution < 1.29 is 4.79 Å². The number of amides is 1. The number of hydrogen-bond donors (Lipinski definition) is 0. The van der Waals surface area contributed by atoms with Crippen LogP contribution in [0, 0.1) is 9.49 Å². The van der Waals surface area contributed by atoms with Gasteiger partial charge in [-0.15, -0.1) is 0 Å². The summed E-state index contributed by atoms with van der Waals surface area (Å²) in [6, 6.07) is 8.39. The van der Waals surface area contributed by atoms with Crippen LogP contribution in [-0.4, -0.2) is 17.4 Å². The topological polar surface area (TPSA) is 20.3 Å². The lowest BCUT2D eigenvalue weighted by molar-refractivity contribution is -0.128. The second-order valence-electron chi connectivity index (χ2n) is 4.38. The number of halogens is 1. The van der Waals surface area contributed by atoms with E-state index in [4.69, 9.17) is 0 Å². The van der Waals surface area contributed by atoms with Crippen molar-refractivity contribution in [3.05, 3.63) is 33.4 Å². The summed E-state index contributed by atoms with van der Waals surface area (Å²) in [5.41, 5.74) is 1.23. The van der Waals surface area contributed by atoms with E-state index in [2.05, 4.69) is 53.8 Å². The second kappa shape index (κ2) is 5.17. The lowest BCUT2D eigenvalue weighted by Crippen LogP contribution is -2.24. The molecule has 3 heteroatoms. The Hall–Kier alpha value is -0.580. The first-order valence-corrected chi connectivity index (χ1v) is 6.79. The van der Waals surface area contributed by atoms with Crippen molar-refractivity contribution in [3.63, 3.8) is 0 Å². The molecule has 1 atom stereocenters. The molecule has 1 saturated heterocycles. The SMILES string of the molecule is CCC1CC(=O)N(Cc2ccc(I)cc2)C1. The Labute approximate surface area is 110 Å². The lowest BCUT2D eigenvalue weighted by Gasteiger charge is -2.16. The highest BCUT2D eigenvalue weighted by atomic mass is 127. The quantitative estimate of drug-likeness (QED) is 0.781. The third kappa shape index (κ3) is 2.75. The van der Waals surface area contributed by atoms with E-state index in [1.54, 1.807) is 0 Å². The van der Waals surface area contributed by atoms with Crippen molar-refractivity contribution in [2.75, 3.05) is 6.54 Å². The van der Waals surface area contributed by atoms with Gasteiger partial charge in [-0.1, -0.05) is 25.5 Å². The van der Waals surface area contributed by atoms with Gasteiger partial charge < -0.3 is 4.90 Å². The smallest absolute Gasteiger partial charge is 0.223 e. The Balaban J connectivity index is 2.00. The Morgan fingerprint density at radius 1 is 1.38 bits per heavy atom. The average molecular weight is 329 g/mol. The summed E-state index contributed by atoms with van der Waals surface area (Å²) in [5.74, 6) is 0.877. The van der Waals surface area contributed by atoms with Gasteiger partial charge in [0.2, 0.25) is 5.91 Å². The third-order valence-electron chi connectivity index (χ3n) is 3.16. The van der Waals surface area contributed by atoms with E-state index in [1.807, 2.05) is 4.90 Å². The fourth-order valence-electron chi connectivity index (χ4n) is 2.09. The molecule has 0 spiro atoms. The summed E-state index contributed by atoms with van der Waals surface area (Å²) in [7, 11) is 0. The van der Waals surface area contributed by atoms with Crippen LogP contribution in [0.1, 0.15) is 25.3 Å². The molecule has 0 saturated carbocycles. The zero-order valence-electron chi connectivity index (χ0n) is 9.45. The Morgan fingerprint density at radius 2 is 2.06 bits per heavy atom. The molecule has 2 nitrogen and oxygen atoms in total. The molecule has 2 rings (SSSR count). The van der Waals surface area contributed by atoms with Gasteiger partial charge in [0, 0.05) is 23.1 Å². The van der Waals surface area contributed by atoms with E-state index in [0.717, 1.165) is 25.9 Å². The van der Waals surface area contributed by atoms with Gasteiger partial charge in [-0.25, -0.2) is 0 Å². The molecule has 1 aromatic carbocycles.